The van der Waals surface area contributed by atoms with Gasteiger partial charge in [0.25, 0.3) is 5.91 Å². The maximum absolute atomic E-state index is 12.6. The van der Waals surface area contributed by atoms with E-state index in [1.807, 2.05) is 0 Å². The summed E-state index contributed by atoms with van der Waals surface area (Å²) in [6.07, 6.45) is 0. The zero-order valence-corrected chi connectivity index (χ0v) is 17.8. The Labute approximate surface area is 180 Å². The molecule has 0 fully saturated rings. The van der Waals surface area contributed by atoms with E-state index in [1.54, 1.807) is 0 Å². The summed E-state index contributed by atoms with van der Waals surface area (Å²) in [7, 11) is -4.18. The molecule has 0 aliphatic heterocycles. The van der Waals surface area contributed by atoms with Gasteiger partial charge in [0.2, 0.25) is 9.84 Å². The molecule has 144 valence electrons. The van der Waals surface area contributed by atoms with Crippen LogP contribution in [0.15, 0.2) is 56.9 Å². The van der Waals surface area contributed by atoms with E-state index in [0.29, 0.717) is 10.0 Å². The average molecular weight is 490 g/mol. The number of ether oxygens (including phenoxy) is 1. The zero-order valence-electron chi connectivity index (χ0n) is 13.2. The topological polar surface area (TPSA) is 72.5 Å². The Morgan fingerprint density at radius 2 is 1.56 bits per heavy atom. The lowest BCUT2D eigenvalue weighted by Crippen LogP contribution is -2.32. The predicted octanol–water partition coefficient (Wildman–Crippen LogP) is 5.22. The summed E-state index contributed by atoms with van der Waals surface area (Å²) in [6.45, 7) is -0.540. The van der Waals surface area contributed by atoms with Gasteiger partial charge in [-0.05, 0) is 42.5 Å². The standard InChI is InChI=1S/C16H10Cl5NO4S/c17-9-1-4-11(5-2-9)27(24,25)16(15(20)21)22-14(23)8-26-13-6-3-10(18)7-12(13)19/h1-7H,8H2,(H,22,23). The van der Waals surface area contributed by atoms with Gasteiger partial charge in [0.15, 0.2) is 11.6 Å². The lowest BCUT2D eigenvalue weighted by atomic mass is 10.3. The first-order valence-corrected chi connectivity index (χ1v) is 10.4. The minimum atomic E-state index is -4.18. The van der Waals surface area contributed by atoms with Crippen molar-refractivity contribution in [2.75, 3.05) is 6.61 Å². The highest BCUT2D eigenvalue weighted by Crippen LogP contribution is 2.28. The molecule has 2 aromatic rings. The third kappa shape index (κ3) is 5.91. The van der Waals surface area contributed by atoms with Crippen molar-refractivity contribution in [1.29, 1.82) is 0 Å². The number of amides is 1. The van der Waals surface area contributed by atoms with Gasteiger partial charge in [-0.15, -0.1) is 0 Å². The number of nitrogens with one attached hydrogen (secondary N) is 1. The highest BCUT2D eigenvalue weighted by molar-refractivity contribution is 7.95. The normalized spacial score (nSPS) is 11.0. The van der Waals surface area contributed by atoms with Crippen molar-refractivity contribution in [1.82, 2.24) is 5.32 Å². The molecule has 2 rings (SSSR count). The number of benzene rings is 2. The van der Waals surface area contributed by atoms with Gasteiger partial charge in [0.05, 0.1) is 9.92 Å². The third-order valence-corrected chi connectivity index (χ3v) is 6.19. The summed E-state index contributed by atoms with van der Waals surface area (Å²) >= 11 is 28.8. The van der Waals surface area contributed by atoms with Crippen LogP contribution in [0.3, 0.4) is 0 Å². The van der Waals surface area contributed by atoms with Gasteiger partial charge in [-0.2, -0.15) is 0 Å². The van der Waals surface area contributed by atoms with Crippen LogP contribution >= 0.6 is 58.0 Å². The molecule has 0 saturated heterocycles. The molecule has 5 nitrogen and oxygen atoms in total. The Hall–Kier alpha value is -1.15. The van der Waals surface area contributed by atoms with Crippen LogP contribution in [0.4, 0.5) is 0 Å². The van der Waals surface area contributed by atoms with E-state index in [9.17, 15) is 13.2 Å². The first kappa shape index (κ1) is 22.1. The zero-order chi connectivity index (χ0) is 20.2. The van der Waals surface area contributed by atoms with E-state index < -0.39 is 31.9 Å². The van der Waals surface area contributed by atoms with Gasteiger partial charge < -0.3 is 10.1 Å². The van der Waals surface area contributed by atoms with Crippen molar-refractivity contribution in [2.45, 2.75) is 4.90 Å². The van der Waals surface area contributed by atoms with Crippen LogP contribution in [0, 0.1) is 0 Å². The first-order valence-electron chi connectivity index (χ1n) is 7.05. The van der Waals surface area contributed by atoms with E-state index in [2.05, 4.69) is 5.32 Å². The largest absolute Gasteiger partial charge is 0.482 e. The predicted molar refractivity (Wildman–Crippen MR) is 107 cm³/mol. The minimum absolute atomic E-state index is 0.150. The van der Waals surface area contributed by atoms with E-state index in [0.717, 1.165) is 0 Å². The van der Waals surface area contributed by atoms with Gasteiger partial charge in [-0.3, -0.25) is 4.79 Å². The molecule has 0 aliphatic carbocycles. The Balaban J connectivity index is 2.15. The van der Waals surface area contributed by atoms with Crippen molar-refractivity contribution >= 4 is 73.7 Å². The number of rotatable bonds is 6. The summed E-state index contributed by atoms with van der Waals surface area (Å²) in [5, 5.41) is 2.38. The molecular formula is C16H10Cl5NO4S. The first-order chi connectivity index (χ1) is 12.6. The van der Waals surface area contributed by atoms with Crippen LogP contribution in [-0.2, 0) is 14.6 Å². The summed E-state index contributed by atoms with van der Waals surface area (Å²) in [4.78, 5) is 11.9. The summed E-state index contributed by atoms with van der Waals surface area (Å²) in [5.41, 5.74) is 0. The van der Waals surface area contributed by atoms with Crippen molar-refractivity contribution in [3.63, 3.8) is 0 Å². The van der Waals surface area contributed by atoms with Crippen LogP contribution in [0.25, 0.3) is 0 Å². The summed E-state index contributed by atoms with van der Waals surface area (Å²) in [5.74, 6) is -0.619. The molecule has 0 aliphatic rings. The number of halogens is 5. The van der Waals surface area contributed by atoms with Crippen LogP contribution < -0.4 is 10.1 Å². The third-order valence-electron chi connectivity index (χ3n) is 3.07. The van der Waals surface area contributed by atoms with Crippen LogP contribution in [0.1, 0.15) is 0 Å². The average Bonchev–Trinajstić information content (AvgIpc) is 2.59. The SMILES string of the molecule is O=C(COc1ccc(Cl)cc1Cl)NC(=C(Cl)Cl)S(=O)(=O)c1ccc(Cl)cc1. The Morgan fingerprint density at radius 1 is 0.963 bits per heavy atom. The van der Waals surface area contributed by atoms with E-state index in [-0.39, 0.29) is 15.7 Å². The molecule has 27 heavy (non-hydrogen) atoms. The molecule has 11 heteroatoms. The van der Waals surface area contributed by atoms with Crippen molar-refractivity contribution in [3.8, 4) is 5.75 Å². The number of carbonyl (C=O) groups is 1. The molecule has 0 aromatic heterocycles. The van der Waals surface area contributed by atoms with Crippen LogP contribution in [0.2, 0.25) is 15.1 Å². The molecule has 2 aromatic carbocycles. The maximum atomic E-state index is 12.6. The molecular weight excluding hydrogens is 480 g/mol. The van der Waals surface area contributed by atoms with Gasteiger partial charge in [0, 0.05) is 10.0 Å². The van der Waals surface area contributed by atoms with Gasteiger partial charge in [0.1, 0.15) is 10.2 Å². The molecule has 0 heterocycles. The maximum Gasteiger partial charge on any atom is 0.262 e. The molecule has 0 saturated carbocycles. The highest BCUT2D eigenvalue weighted by atomic mass is 35.5. The lowest BCUT2D eigenvalue weighted by molar-refractivity contribution is -0.122. The second-order valence-electron chi connectivity index (χ2n) is 4.96. The molecule has 1 N–H and O–H groups in total. The van der Waals surface area contributed by atoms with E-state index in [4.69, 9.17) is 62.7 Å². The molecule has 0 radical (unpaired) electrons. The van der Waals surface area contributed by atoms with E-state index in [1.165, 1.54) is 42.5 Å². The van der Waals surface area contributed by atoms with Crippen LogP contribution in [0.5, 0.6) is 5.75 Å². The fraction of sp³-hybridized carbons (Fsp3) is 0.0625. The number of hydrogen-bond acceptors (Lipinski definition) is 4. The number of sulfone groups is 1. The van der Waals surface area contributed by atoms with Crippen LogP contribution in [-0.4, -0.2) is 20.9 Å². The van der Waals surface area contributed by atoms with Crippen molar-refractivity contribution in [2.24, 2.45) is 0 Å². The summed E-state index contributed by atoms with van der Waals surface area (Å²) < 4.78 is 29.9. The molecule has 0 unspecified atom stereocenters. The second kappa shape index (κ2) is 9.37. The monoisotopic (exact) mass is 487 g/mol. The van der Waals surface area contributed by atoms with Gasteiger partial charge >= 0.3 is 0 Å². The fourth-order valence-corrected chi connectivity index (χ4v) is 4.32. The Kier molecular flexibility index (Phi) is 7.68. The molecule has 1 amide bonds. The van der Waals surface area contributed by atoms with Gasteiger partial charge in [-0.1, -0.05) is 58.0 Å². The Bertz CT molecular complexity index is 986. The summed E-state index contributed by atoms with van der Waals surface area (Å²) in [6, 6.07) is 9.68. The highest BCUT2D eigenvalue weighted by Gasteiger charge is 2.26. The second-order valence-corrected chi connectivity index (χ2v) is 9.07. The minimum Gasteiger partial charge on any atom is -0.482 e. The molecule has 0 atom stereocenters. The number of hydrogen-bond donors (Lipinski definition) is 1. The van der Waals surface area contributed by atoms with Crippen molar-refractivity contribution in [3.05, 3.63) is 67.1 Å². The quantitative estimate of drug-likeness (QED) is 0.604. The Morgan fingerprint density at radius 3 is 2.11 bits per heavy atom. The number of carbonyl (C=O) groups excluding carboxylic acids is 1. The fourth-order valence-electron chi connectivity index (χ4n) is 1.85. The molecule has 0 bridgehead atoms. The van der Waals surface area contributed by atoms with E-state index >= 15 is 0 Å². The molecule has 0 spiro atoms. The lowest BCUT2D eigenvalue weighted by Gasteiger charge is -2.12. The van der Waals surface area contributed by atoms with Gasteiger partial charge in [-0.25, -0.2) is 8.42 Å². The smallest absolute Gasteiger partial charge is 0.262 e. The van der Waals surface area contributed by atoms with Crippen molar-refractivity contribution < 1.29 is 17.9 Å².